The van der Waals surface area contributed by atoms with Crippen LogP contribution in [0.25, 0.3) is 11.1 Å². The molecular formula is C23H23ClFN5O2. The molecule has 1 aromatic carbocycles. The van der Waals surface area contributed by atoms with Gasteiger partial charge in [-0.15, -0.1) is 0 Å². The Kier molecular flexibility index (Phi) is 5.33. The van der Waals surface area contributed by atoms with E-state index in [1.54, 1.807) is 27.9 Å². The van der Waals surface area contributed by atoms with Crippen LogP contribution in [0.2, 0.25) is 5.15 Å². The minimum absolute atomic E-state index is 0.0174. The molecule has 0 bridgehead atoms. The summed E-state index contributed by atoms with van der Waals surface area (Å²) >= 11 is 6.26. The molecule has 1 aliphatic carbocycles. The number of aromatic nitrogens is 4. The first-order chi connectivity index (χ1) is 15.4. The molecule has 0 radical (unpaired) electrons. The van der Waals surface area contributed by atoms with Gasteiger partial charge in [0.1, 0.15) is 29.2 Å². The van der Waals surface area contributed by atoms with Crippen LogP contribution in [-0.2, 0) is 18.2 Å². The minimum Gasteiger partial charge on any atom is -0.447 e. The minimum atomic E-state index is -0.410. The van der Waals surface area contributed by atoms with E-state index in [0.717, 1.165) is 24.0 Å². The van der Waals surface area contributed by atoms with Crippen molar-refractivity contribution in [1.82, 2.24) is 19.7 Å². The van der Waals surface area contributed by atoms with Crippen molar-refractivity contribution >= 4 is 23.5 Å². The highest BCUT2D eigenvalue weighted by molar-refractivity contribution is 6.29. The lowest BCUT2D eigenvalue weighted by Gasteiger charge is -2.21. The summed E-state index contributed by atoms with van der Waals surface area (Å²) < 4.78 is 21.9. The smallest absolute Gasteiger partial charge is 0.415 e. The van der Waals surface area contributed by atoms with Gasteiger partial charge in [0.05, 0.1) is 12.2 Å². The molecule has 166 valence electrons. The Hall–Kier alpha value is -3.00. The molecule has 0 spiro atoms. The summed E-state index contributed by atoms with van der Waals surface area (Å²) in [5.41, 5.74) is 2.20. The largest absolute Gasteiger partial charge is 0.447 e. The van der Waals surface area contributed by atoms with Gasteiger partial charge in [-0.1, -0.05) is 30.7 Å². The highest BCUT2D eigenvalue weighted by Crippen LogP contribution is 2.40. The van der Waals surface area contributed by atoms with Gasteiger partial charge in [-0.3, -0.25) is 9.58 Å². The van der Waals surface area contributed by atoms with Crippen LogP contribution >= 0.6 is 11.6 Å². The van der Waals surface area contributed by atoms with Gasteiger partial charge in [-0.25, -0.2) is 19.2 Å². The van der Waals surface area contributed by atoms with Gasteiger partial charge in [-0.2, -0.15) is 5.10 Å². The maximum Gasteiger partial charge on any atom is 0.415 e. The van der Waals surface area contributed by atoms with Crippen LogP contribution in [0.3, 0.4) is 0 Å². The van der Waals surface area contributed by atoms with E-state index in [-0.39, 0.29) is 22.9 Å². The van der Waals surface area contributed by atoms with Gasteiger partial charge in [0, 0.05) is 31.3 Å². The van der Waals surface area contributed by atoms with Crippen molar-refractivity contribution < 1.29 is 13.9 Å². The Bertz CT molecular complexity index is 1180. The Morgan fingerprint density at radius 3 is 2.75 bits per heavy atom. The van der Waals surface area contributed by atoms with Gasteiger partial charge in [0.2, 0.25) is 0 Å². The summed E-state index contributed by atoms with van der Waals surface area (Å²) in [5, 5.41) is 4.39. The highest BCUT2D eigenvalue weighted by Gasteiger charge is 2.44. The monoisotopic (exact) mass is 455 g/mol. The molecule has 3 aromatic rings. The molecule has 2 aromatic heterocycles. The van der Waals surface area contributed by atoms with Gasteiger partial charge >= 0.3 is 6.09 Å². The lowest BCUT2D eigenvalue weighted by molar-refractivity contribution is 0.178. The number of hydrogen-bond donors (Lipinski definition) is 0. The molecule has 2 atom stereocenters. The maximum absolute atomic E-state index is 14.9. The number of hydrogen-bond acceptors (Lipinski definition) is 5. The third kappa shape index (κ3) is 4.07. The summed E-state index contributed by atoms with van der Waals surface area (Å²) in [6.07, 6.45) is 5.68. The summed E-state index contributed by atoms with van der Waals surface area (Å²) in [5.74, 6) is 0.862. The average molecular weight is 456 g/mol. The first-order valence-electron chi connectivity index (χ1n) is 10.7. The van der Waals surface area contributed by atoms with Crippen molar-refractivity contribution in [1.29, 1.82) is 0 Å². The number of halogens is 2. The predicted octanol–water partition coefficient (Wildman–Crippen LogP) is 4.75. The van der Waals surface area contributed by atoms with Crippen LogP contribution in [0, 0.1) is 11.7 Å². The van der Waals surface area contributed by atoms with Crippen LogP contribution in [0.1, 0.15) is 37.1 Å². The standard InChI is InChI=1S/C23H23ClFN5O2/c1-13(17-6-5-15(8-18(17)25)16-10-26-29(2)11-16)7-21-27-20(24)9-22(28-21)30-19(14-3-4-14)12-32-23(30)31/h5-6,8-11,13-14,19H,3-4,7,12H2,1-2H3/t13-,19-/m1/s1. The van der Waals surface area contributed by atoms with E-state index in [0.29, 0.717) is 36.2 Å². The molecule has 3 heterocycles. The SMILES string of the molecule is C[C@H](Cc1nc(Cl)cc(N2C(=O)OC[C@@H]2C2CC2)n1)c1ccc(-c2cnn(C)c2)cc1F. The van der Waals surface area contributed by atoms with Crippen molar-refractivity contribution in [3.8, 4) is 11.1 Å². The third-order valence-electron chi connectivity index (χ3n) is 6.10. The van der Waals surface area contributed by atoms with Crippen molar-refractivity contribution in [2.24, 2.45) is 13.0 Å². The maximum atomic E-state index is 14.9. The highest BCUT2D eigenvalue weighted by atomic mass is 35.5. The van der Waals surface area contributed by atoms with E-state index < -0.39 is 6.09 Å². The number of benzene rings is 1. The Labute approximate surface area is 190 Å². The number of carbonyl (C=O) groups is 1. The normalized spacial score (nSPS) is 19.3. The fourth-order valence-electron chi connectivity index (χ4n) is 4.25. The zero-order valence-corrected chi connectivity index (χ0v) is 18.6. The molecule has 1 saturated carbocycles. The van der Waals surface area contributed by atoms with E-state index in [9.17, 15) is 9.18 Å². The molecule has 7 nitrogen and oxygen atoms in total. The Morgan fingerprint density at radius 1 is 1.25 bits per heavy atom. The summed E-state index contributed by atoms with van der Waals surface area (Å²) in [6.45, 7) is 2.29. The second-order valence-electron chi connectivity index (χ2n) is 8.56. The second-order valence-corrected chi connectivity index (χ2v) is 8.95. The molecule has 0 N–H and O–H groups in total. The topological polar surface area (TPSA) is 73.1 Å². The zero-order valence-electron chi connectivity index (χ0n) is 17.8. The molecule has 0 unspecified atom stereocenters. The van der Waals surface area contributed by atoms with Crippen LogP contribution < -0.4 is 4.90 Å². The summed E-state index contributed by atoms with van der Waals surface area (Å²) in [4.78, 5) is 22.8. The van der Waals surface area contributed by atoms with Crippen molar-refractivity contribution in [3.05, 3.63) is 59.0 Å². The lowest BCUT2D eigenvalue weighted by Crippen LogP contribution is -2.36. The van der Waals surface area contributed by atoms with Crippen molar-refractivity contribution in [2.45, 2.75) is 38.1 Å². The zero-order chi connectivity index (χ0) is 22.4. The molecule has 2 aliphatic rings. The van der Waals surface area contributed by atoms with Crippen LogP contribution in [0.5, 0.6) is 0 Å². The number of amides is 1. The van der Waals surface area contributed by atoms with Gasteiger partial charge in [0.15, 0.2) is 0 Å². The van der Waals surface area contributed by atoms with E-state index in [1.807, 2.05) is 26.2 Å². The Balaban J connectivity index is 1.37. The Morgan fingerprint density at radius 2 is 2.06 bits per heavy atom. The molecule has 1 amide bonds. The first-order valence-corrected chi connectivity index (χ1v) is 11.0. The van der Waals surface area contributed by atoms with Gasteiger partial charge < -0.3 is 4.74 Å². The van der Waals surface area contributed by atoms with E-state index in [1.165, 1.54) is 6.07 Å². The van der Waals surface area contributed by atoms with Crippen LogP contribution in [0.15, 0.2) is 36.7 Å². The predicted molar refractivity (Wildman–Crippen MR) is 118 cm³/mol. The van der Waals surface area contributed by atoms with Gasteiger partial charge in [0.25, 0.3) is 0 Å². The third-order valence-corrected chi connectivity index (χ3v) is 6.30. The molecule has 5 rings (SSSR count). The second kappa shape index (κ2) is 8.16. The summed E-state index contributed by atoms with van der Waals surface area (Å²) in [6, 6.07) is 6.76. The number of aryl methyl sites for hydroxylation is 1. The molecule has 32 heavy (non-hydrogen) atoms. The van der Waals surface area contributed by atoms with Crippen LogP contribution in [-0.4, -0.2) is 38.5 Å². The van der Waals surface area contributed by atoms with Crippen LogP contribution in [0.4, 0.5) is 15.0 Å². The molecule has 2 fully saturated rings. The molecular weight excluding hydrogens is 433 g/mol. The molecule has 9 heteroatoms. The average Bonchev–Trinajstić information content (AvgIpc) is 3.38. The van der Waals surface area contributed by atoms with Crippen molar-refractivity contribution in [2.75, 3.05) is 11.5 Å². The quantitative estimate of drug-likeness (QED) is 0.501. The fourth-order valence-corrected chi connectivity index (χ4v) is 4.45. The molecule has 1 aliphatic heterocycles. The number of cyclic esters (lactones) is 1. The number of ether oxygens (including phenoxy) is 1. The first kappa shape index (κ1) is 20.9. The van der Waals surface area contributed by atoms with Crippen molar-refractivity contribution in [3.63, 3.8) is 0 Å². The van der Waals surface area contributed by atoms with Gasteiger partial charge in [-0.05, 0) is 41.9 Å². The summed E-state index contributed by atoms with van der Waals surface area (Å²) in [7, 11) is 1.82. The molecule has 1 saturated heterocycles. The van der Waals surface area contributed by atoms with E-state index in [4.69, 9.17) is 16.3 Å². The number of anilines is 1. The number of nitrogens with zero attached hydrogens (tertiary/aromatic N) is 5. The van der Waals surface area contributed by atoms with E-state index in [2.05, 4.69) is 15.1 Å². The lowest BCUT2D eigenvalue weighted by atomic mass is 9.95. The van der Waals surface area contributed by atoms with E-state index >= 15 is 0 Å². The fraction of sp³-hybridized carbons (Fsp3) is 0.391. The number of carbonyl (C=O) groups excluding carboxylic acids is 1. The number of rotatable bonds is 6.